The van der Waals surface area contributed by atoms with Gasteiger partial charge in [-0.15, -0.1) is 0 Å². The number of hydrogen-bond acceptors (Lipinski definition) is 3. The van der Waals surface area contributed by atoms with Crippen LogP contribution >= 0.6 is 0 Å². The topological polar surface area (TPSA) is 30.5 Å². The lowest BCUT2D eigenvalue weighted by Crippen LogP contribution is -2.33. The van der Waals surface area contributed by atoms with Crippen LogP contribution in [0, 0.1) is 6.92 Å². The third-order valence-electron chi connectivity index (χ3n) is 3.48. The van der Waals surface area contributed by atoms with Gasteiger partial charge < -0.3 is 14.8 Å². The van der Waals surface area contributed by atoms with Crippen molar-refractivity contribution in [1.82, 2.24) is 5.32 Å². The van der Waals surface area contributed by atoms with Crippen molar-refractivity contribution in [3.63, 3.8) is 0 Å². The smallest absolute Gasteiger partial charge is 0.119 e. The molecule has 0 aliphatic carbocycles. The molecule has 108 valence electrons. The SMILES string of the molecule is CCCC(OC)C(NCC)c1ccc(OC)cc1C. The molecule has 0 aliphatic rings. The zero-order valence-corrected chi connectivity index (χ0v) is 12.8. The van der Waals surface area contributed by atoms with Gasteiger partial charge in [0.25, 0.3) is 0 Å². The molecule has 2 atom stereocenters. The molecule has 0 aliphatic heterocycles. The second kappa shape index (κ2) is 8.18. The Labute approximate surface area is 117 Å². The lowest BCUT2D eigenvalue weighted by atomic mass is 9.94. The van der Waals surface area contributed by atoms with Crippen molar-refractivity contribution in [2.75, 3.05) is 20.8 Å². The van der Waals surface area contributed by atoms with Crippen LogP contribution in [0.1, 0.15) is 43.9 Å². The molecule has 1 aromatic carbocycles. The number of likely N-dealkylation sites (N-methyl/N-ethyl adjacent to an activating group) is 1. The number of methoxy groups -OCH3 is 2. The average Bonchev–Trinajstić information content (AvgIpc) is 2.43. The van der Waals surface area contributed by atoms with Gasteiger partial charge in [0.2, 0.25) is 0 Å². The van der Waals surface area contributed by atoms with Gasteiger partial charge in [-0.25, -0.2) is 0 Å². The Morgan fingerprint density at radius 3 is 2.42 bits per heavy atom. The van der Waals surface area contributed by atoms with E-state index < -0.39 is 0 Å². The third kappa shape index (κ3) is 4.22. The molecule has 0 saturated carbocycles. The summed E-state index contributed by atoms with van der Waals surface area (Å²) in [5, 5.41) is 3.55. The fraction of sp³-hybridized carbons (Fsp3) is 0.625. The number of ether oxygens (including phenoxy) is 2. The van der Waals surface area contributed by atoms with Crippen molar-refractivity contribution >= 4 is 0 Å². The largest absolute Gasteiger partial charge is 0.497 e. The molecular formula is C16H27NO2. The van der Waals surface area contributed by atoms with Crippen LogP contribution in [0.4, 0.5) is 0 Å². The zero-order chi connectivity index (χ0) is 14.3. The van der Waals surface area contributed by atoms with Crippen molar-refractivity contribution in [3.8, 4) is 5.75 Å². The first-order valence-electron chi connectivity index (χ1n) is 7.08. The Balaban J connectivity index is 3.03. The van der Waals surface area contributed by atoms with E-state index in [1.165, 1.54) is 11.1 Å². The van der Waals surface area contributed by atoms with E-state index in [0.717, 1.165) is 25.1 Å². The maximum atomic E-state index is 5.68. The zero-order valence-electron chi connectivity index (χ0n) is 12.8. The van der Waals surface area contributed by atoms with Crippen LogP contribution in [-0.4, -0.2) is 26.9 Å². The molecule has 0 amide bonds. The summed E-state index contributed by atoms with van der Waals surface area (Å²) < 4.78 is 11.0. The van der Waals surface area contributed by atoms with Crippen LogP contribution in [-0.2, 0) is 4.74 Å². The fourth-order valence-electron chi connectivity index (χ4n) is 2.49. The first kappa shape index (κ1) is 16.0. The van der Waals surface area contributed by atoms with Gasteiger partial charge in [0.15, 0.2) is 0 Å². The molecule has 3 heteroatoms. The number of aryl methyl sites for hydroxylation is 1. The lowest BCUT2D eigenvalue weighted by molar-refractivity contribution is 0.0609. The summed E-state index contributed by atoms with van der Waals surface area (Å²) in [6, 6.07) is 6.48. The van der Waals surface area contributed by atoms with E-state index in [1.807, 2.05) is 6.07 Å². The molecule has 2 unspecified atom stereocenters. The molecule has 0 fully saturated rings. The van der Waals surface area contributed by atoms with E-state index in [2.05, 4.69) is 38.2 Å². The standard InChI is InChI=1S/C16H27NO2/c1-6-8-15(19-5)16(17-7-2)14-10-9-13(18-4)11-12(14)3/h9-11,15-17H,6-8H2,1-5H3. The first-order valence-corrected chi connectivity index (χ1v) is 7.08. The van der Waals surface area contributed by atoms with E-state index in [1.54, 1.807) is 14.2 Å². The Hall–Kier alpha value is -1.06. The maximum absolute atomic E-state index is 5.68. The monoisotopic (exact) mass is 265 g/mol. The predicted octanol–water partition coefficient (Wildman–Crippen LogP) is 3.47. The van der Waals surface area contributed by atoms with Crippen LogP contribution in [0.5, 0.6) is 5.75 Å². The molecular weight excluding hydrogens is 238 g/mol. The van der Waals surface area contributed by atoms with Crippen molar-refractivity contribution in [3.05, 3.63) is 29.3 Å². The van der Waals surface area contributed by atoms with Gasteiger partial charge in [-0.2, -0.15) is 0 Å². The summed E-state index contributed by atoms with van der Waals surface area (Å²) in [4.78, 5) is 0. The number of nitrogens with one attached hydrogen (secondary N) is 1. The Bertz CT molecular complexity index is 379. The van der Waals surface area contributed by atoms with Gasteiger partial charge >= 0.3 is 0 Å². The van der Waals surface area contributed by atoms with Crippen molar-refractivity contribution in [2.24, 2.45) is 0 Å². The lowest BCUT2D eigenvalue weighted by Gasteiger charge is -2.28. The molecule has 3 nitrogen and oxygen atoms in total. The number of hydrogen-bond donors (Lipinski definition) is 1. The molecule has 0 aromatic heterocycles. The molecule has 0 spiro atoms. The van der Waals surface area contributed by atoms with Crippen molar-refractivity contribution in [2.45, 2.75) is 45.8 Å². The Morgan fingerprint density at radius 1 is 1.21 bits per heavy atom. The van der Waals surface area contributed by atoms with E-state index in [0.29, 0.717) is 0 Å². The van der Waals surface area contributed by atoms with Crippen molar-refractivity contribution in [1.29, 1.82) is 0 Å². The molecule has 0 bridgehead atoms. The molecule has 1 rings (SSSR count). The van der Waals surface area contributed by atoms with Gasteiger partial charge in [-0.1, -0.05) is 26.3 Å². The first-order chi connectivity index (χ1) is 9.17. The average molecular weight is 265 g/mol. The molecule has 0 saturated heterocycles. The molecule has 0 radical (unpaired) electrons. The predicted molar refractivity (Wildman–Crippen MR) is 79.9 cm³/mol. The minimum absolute atomic E-state index is 0.206. The minimum atomic E-state index is 0.206. The van der Waals surface area contributed by atoms with E-state index in [9.17, 15) is 0 Å². The summed E-state index contributed by atoms with van der Waals surface area (Å²) in [6.07, 6.45) is 2.38. The summed E-state index contributed by atoms with van der Waals surface area (Å²) in [5.74, 6) is 0.904. The fourth-order valence-corrected chi connectivity index (χ4v) is 2.49. The highest BCUT2D eigenvalue weighted by molar-refractivity contribution is 5.37. The van der Waals surface area contributed by atoms with Gasteiger partial charge in [0, 0.05) is 7.11 Å². The van der Waals surface area contributed by atoms with Gasteiger partial charge in [-0.3, -0.25) is 0 Å². The molecule has 1 aromatic rings. The van der Waals surface area contributed by atoms with Crippen LogP contribution in [0.25, 0.3) is 0 Å². The summed E-state index contributed by atoms with van der Waals surface area (Å²) in [6.45, 7) is 7.38. The summed E-state index contributed by atoms with van der Waals surface area (Å²) in [5.41, 5.74) is 2.53. The Morgan fingerprint density at radius 2 is 1.95 bits per heavy atom. The quantitative estimate of drug-likeness (QED) is 0.780. The summed E-state index contributed by atoms with van der Waals surface area (Å²) >= 11 is 0. The minimum Gasteiger partial charge on any atom is -0.497 e. The number of rotatable bonds is 8. The normalized spacial score (nSPS) is 14.2. The van der Waals surface area contributed by atoms with Crippen LogP contribution in [0.15, 0.2) is 18.2 Å². The van der Waals surface area contributed by atoms with Crippen LogP contribution < -0.4 is 10.1 Å². The van der Waals surface area contributed by atoms with Crippen molar-refractivity contribution < 1.29 is 9.47 Å². The summed E-state index contributed by atoms with van der Waals surface area (Å²) in [7, 11) is 3.49. The van der Waals surface area contributed by atoms with Gasteiger partial charge in [-0.05, 0) is 43.1 Å². The molecule has 19 heavy (non-hydrogen) atoms. The van der Waals surface area contributed by atoms with E-state index in [4.69, 9.17) is 9.47 Å². The second-order valence-electron chi connectivity index (χ2n) is 4.82. The highest BCUT2D eigenvalue weighted by Gasteiger charge is 2.23. The van der Waals surface area contributed by atoms with E-state index in [-0.39, 0.29) is 12.1 Å². The van der Waals surface area contributed by atoms with E-state index >= 15 is 0 Å². The Kier molecular flexibility index (Phi) is 6.89. The molecule has 1 N–H and O–H groups in total. The van der Waals surface area contributed by atoms with Gasteiger partial charge in [0.1, 0.15) is 5.75 Å². The third-order valence-corrected chi connectivity index (χ3v) is 3.48. The number of benzene rings is 1. The van der Waals surface area contributed by atoms with Crippen LogP contribution in [0.2, 0.25) is 0 Å². The highest BCUT2D eigenvalue weighted by atomic mass is 16.5. The molecule has 0 heterocycles. The van der Waals surface area contributed by atoms with Gasteiger partial charge in [0.05, 0.1) is 19.3 Å². The maximum Gasteiger partial charge on any atom is 0.119 e. The second-order valence-corrected chi connectivity index (χ2v) is 4.82. The highest BCUT2D eigenvalue weighted by Crippen LogP contribution is 2.27. The van der Waals surface area contributed by atoms with Crippen LogP contribution in [0.3, 0.4) is 0 Å².